The summed E-state index contributed by atoms with van der Waals surface area (Å²) in [4.78, 5) is 12.0. The number of amides is 1. The Morgan fingerprint density at radius 1 is 1.47 bits per heavy atom. The second-order valence-electron chi connectivity index (χ2n) is 4.79. The second kappa shape index (κ2) is 5.65. The highest BCUT2D eigenvalue weighted by atomic mass is 32.1. The number of carbonyl (C=O) groups excluding carboxylic acids is 1. The van der Waals surface area contributed by atoms with Gasteiger partial charge in [0.15, 0.2) is 0 Å². The Balaban J connectivity index is 1.85. The molecule has 1 unspecified atom stereocenters. The molecule has 1 aromatic rings. The summed E-state index contributed by atoms with van der Waals surface area (Å²) in [5, 5.41) is 16.5. The van der Waals surface area contributed by atoms with Crippen molar-refractivity contribution in [1.29, 1.82) is 0 Å². The van der Waals surface area contributed by atoms with Gasteiger partial charge in [-0.15, -0.1) is 0 Å². The molecule has 0 radical (unpaired) electrons. The van der Waals surface area contributed by atoms with E-state index >= 15 is 0 Å². The van der Waals surface area contributed by atoms with Crippen LogP contribution < -0.4 is 5.32 Å². The fourth-order valence-corrected chi connectivity index (χ4v) is 2.97. The molecular formula is C13H19NO2S. The molecule has 2 N–H and O–H groups in total. The molecule has 1 aliphatic rings. The molecule has 3 nitrogen and oxygen atoms in total. The van der Waals surface area contributed by atoms with Gasteiger partial charge in [0.2, 0.25) is 5.91 Å². The lowest BCUT2D eigenvalue weighted by atomic mass is 9.92. The summed E-state index contributed by atoms with van der Waals surface area (Å²) in [6.45, 7) is 1.94. The van der Waals surface area contributed by atoms with Crippen molar-refractivity contribution in [3.05, 3.63) is 22.4 Å². The van der Waals surface area contributed by atoms with E-state index in [4.69, 9.17) is 0 Å². The van der Waals surface area contributed by atoms with Crippen molar-refractivity contribution in [3.63, 3.8) is 0 Å². The summed E-state index contributed by atoms with van der Waals surface area (Å²) in [6.07, 6.45) is 3.22. The molecule has 1 aromatic heterocycles. The molecule has 0 aromatic carbocycles. The quantitative estimate of drug-likeness (QED) is 0.868. The monoisotopic (exact) mass is 253 g/mol. The first kappa shape index (κ1) is 12.6. The third-order valence-corrected chi connectivity index (χ3v) is 4.18. The Morgan fingerprint density at radius 3 is 2.76 bits per heavy atom. The zero-order chi connectivity index (χ0) is 12.3. The number of nitrogens with one attached hydrogen (secondary N) is 1. The molecular weight excluding hydrogens is 234 g/mol. The Morgan fingerprint density at radius 2 is 2.18 bits per heavy atom. The molecule has 4 heteroatoms. The highest BCUT2D eigenvalue weighted by molar-refractivity contribution is 7.08. The van der Waals surface area contributed by atoms with E-state index in [9.17, 15) is 9.90 Å². The molecule has 0 aliphatic heterocycles. The molecule has 1 saturated carbocycles. The minimum absolute atomic E-state index is 0.0758. The summed E-state index contributed by atoms with van der Waals surface area (Å²) < 4.78 is 0. The number of aliphatic hydroxyl groups is 1. The normalized spacial score (nSPS) is 26.5. The van der Waals surface area contributed by atoms with Gasteiger partial charge in [-0.25, -0.2) is 0 Å². The number of carbonyl (C=O) groups is 1. The lowest BCUT2D eigenvalue weighted by Crippen LogP contribution is -2.40. The van der Waals surface area contributed by atoms with Crippen molar-refractivity contribution in [2.45, 2.75) is 50.7 Å². The van der Waals surface area contributed by atoms with Gasteiger partial charge in [0.05, 0.1) is 12.0 Å². The summed E-state index contributed by atoms with van der Waals surface area (Å²) in [6, 6.07) is 2.24. The molecule has 17 heavy (non-hydrogen) atoms. The number of rotatable bonds is 3. The van der Waals surface area contributed by atoms with E-state index in [1.54, 1.807) is 11.3 Å². The fourth-order valence-electron chi connectivity index (χ4n) is 2.22. The van der Waals surface area contributed by atoms with Crippen LogP contribution in [0.25, 0.3) is 0 Å². The number of aliphatic hydroxyl groups excluding tert-OH is 1. The van der Waals surface area contributed by atoms with Crippen LogP contribution >= 0.6 is 11.3 Å². The van der Waals surface area contributed by atoms with Crippen LogP contribution in [0, 0.1) is 0 Å². The van der Waals surface area contributed by atoms with Crippen LogP contribution in [0.1, 0.15) is 44.1 Å². The standard InChI is InChI=1S/C13H19NO2S/c1-9(10-6-7-17-8-10)13(16)14-11-2-4-12(15)5-3-11/h6-9,11-12,15H,2-5H2,1H3,(H,14,16). The van der Waals surface area contributed by atoms with Gasteiger partial charge in [-0.3, -0.25) is 4.79 Å². The van der Waals surface area contributed by atoms with E-state index in [1.165, 1.54) is 0 Å². The first-order valence-electron chi connectivity index (χ1n) is 6.17. The van der Waals surface area contributed by atoms with Crippen LogP contribution in [0.2, 0.25) is 0 Å². The Bertz CT molecular complexity index is 356. The average Bonchev–Trinajstić information content (AvgIpc) is 2.84. The lowest BCUT2D eigenvalue weighted by Gasteiger charge is -2.27. The Labute approximate surface area is 106 Å². The van der Waals surface area contributed by atoms with Crippen LogP contribution in [-0.2, 0) is 4.79 Å². The van der Waals surface area contributed by atoms with Gasteiger partial charge in [0.1, 0.15) is 0 Å². The van der Waals surface area contributed by atoms with E-state index in [0.717, 1.165) is 31.2 Å². The topological polar surface area (TPSA) is 49.3 Å². The number of hydrogen-bond acceptors (Lipinski definition) is 3. The molecule has 0 spiro atoms. The Hall–Kier alpha value is -0.870. The summed E-state index contributed by atoms with van der Waals surface area (Å²) in [5.41, 5.74) is 1.09. The largest absolute Gasteiger partial charge is 0.393 e. The van der Waals surface area contributed by atoms with E-state index in [-0.39, 0.29) is 24.0 Å². The molecule has 1 amide bonds. The Kier molecular flexibility index (Phi) is 4.18. The van der Waals surface area contributed by atoms with Crippen LogP contribution in [-0.4, -0.2) is 23.2 Å². The smallest absolute Gasteiger partial charge is 0.227 e. The number of thiophene rings is 1. The van der Waals surface area contributed by atoms with Crippen molar-refractivity contribution in [3.8, 4) is 0 Å². The molecule has 0 bridgehead atoms. The molecule has 1 aliphatic carbocycles. The van der Waals surface area contributed by atoms with E-state index in [2.05, 4.69) is 5.32 Å². The SMILES string of the molecule is CC(C(=O)NC1CCC(O)CC1)c1ccsc1. The third kappa shape index (κ3) is 3.30. The van der Waals surface area contributed by atoms with Crippen molar-refractivity contribution in [1.82, 2.24) is 5.32 Å². The molecule has 2 rings (SSSR count). The molecule has 0 saturated heterocycles. The van der Waals surface area contributed by atoms with Crippen LogP contribution in [0.4, 0.5) is 0 Å². The summed E-state index contributed by atoms with van der Waals surface area (Å²) >= 11 is 1.62. The van der Waals surface area contributed by atoms with Gasteiger partial charge >= 0.3 is 0 Å². The molecule has 1 atom stereocenters. The number of hydrogen-bond donors (Lipinski definition) is 2. The average molecular weight is 253 g/mol. The minimum Gasteiger partial charge on any atom is -0.393 e. The second-order valence-corrected chi connectivity index (χ2v) is 5.57. The maximum Gasteiger partial charge on any atom is 0.227 e. The van der Waals surface area contributed by atoms with E-state index in [1.807, 2.05) is 23.8 Å². The first-order chi connectivity index (χ1) is 8.16. The fraction of sp³-hybridized carbons (Fsp3) is 0.615. The van der Waals surface area contributed by atoms with E-state index < -0.39 is 0 Å². The predicted octanol–water partition coefficient (Wildman–Crippen LogP) is 2.27. The van der Waals surface area contributed by atoms with Gasteiger partial charge in [0.25, 0.3) is 0 Å². The van der Waals surface area contributed by atoms with Crippen LogP contribution in [0.5, 0.6) is 0 Å². The van der Waals surface area contributed by atoms with Gasteiger partial charge in [-0.2, -0.15) is 11.3 Å². The first-order valence-corrected chi connectivity index (χ1v) is 7.11. The maximum atomic E-state index is 12.0. The third-order valence-electron chi connectivity index (χ3n) is 3.48. The minimum atomic E-state index is -0.169. The highest BCUT2D eigenvalue weighted by Gasteiger charge is 2.23. The predicted molar refractivity (Wildman–Crippen MR) is 69.1 cm³/mol. The molecule has 1 fully saturated rings. The van der Waals surface area contributed by atoms with Crippen molar-refractivity contribution >= 4 is 17.2 Å². The van der Waals surface area contributed by atoms with Gasteiger partial charge in [-0.05, 0) is 55.0 Å². The maximum absolute atomic E-state index is 12.0. The van der Waals surface area contributed by atoms with Crippen molar-refractivity contribution in [2.75, 3.05) is 0 Å². The van der Waals surface area contributed by atoms with Crippen molar-refractivity contribution < 1.29 is 9.90 Å². The van der Waals surface area contributed by atoms with Crippen LogP contribution in [0.3, 0.4) is 0 Å². The van der Waals surface area contributed by atoms with Gasteiger partial charge in [-0.1, -0.05) is 0 Å². The molecule has 1 heterocycles. The van der Waals surface area contributed by atoms with E-state index in [0.29, 0.717) is 0 Å². The zero-order valence-electron chi connectivity index (χ0n) is 10.1. The zero-order valence-corrected chi connectivity index (χ0v) is 10.9. The summed E-state index contributed by atoms with van der Waals surface area (Å²) in [5.74, 6) is 0.0258. The van der Waals surface area contributed by atoms with Gasteiger partial charge in [0, 0.05) is 6.04 Å². The summed E-state index contributed by atoms with van der Waals surface area (Å²) in [7, 11) is 0. The van der Waals surface area contributed by atoms with Gasteiger partial charge < -0.3 is 10.4 Å². The van der Waals surface area contributed by atoms with Crippen LogP contribution in [0.15, 0.2) is 16.8 Å². The highest BCUT2D eigenvalue weighted by Crippen LogP contribution is 2.21. The lowest BCUT2D eigenvalue weighted by molar-refractivity contribution is -0.123. The molecule has 94 valence electrons. The van der Waals surface area contributed by atoms with Crippen molar-refractivity contribution in [2.24, 2.45) is 0 Å².